The molecule has 0 atom stereocenters. The van der Waals surface area contributed by atoms with Gasteiger partial charge in [-0.1, -0.05) is 0 Å². The number of guanidine groups is 1. The molecule has 86 valence electrons. The van der Waals surface area contributed by atoms with E-state index in [4.69, 9.17) is 5.73 Å². The lowest BCUT2D eigenvalue weighted by molar-refractivity contribution is -0.118. The average molecular weight is 212 g/mol. The molecule has 0 aliphatic carbocycles. The monoisotopic (exact) mass is 212 g/mol. The molecule has 0 radical (unpaired) electrons. The largest absolute Gasteiger partial charge is 0.370 e. The Morgan fingerprint density at radius 3 is 2.67 bits per heavy atom. The maximum absolute atomic E-state index is 10.6. The number of piperidine rings is 1. The van der Waals surface area contributed by atoms with E-state index in [1.165, 1.54) is 26.2 Å². The molecule has 3 N–H and O–H groups in total. The van der Waals surface area contributed by atoms with E-state index in [1.807, 2.05) is 0 Å². The molecule has 0 bridgehead atoms. The molecule has 1 fully saturated rings. The third-order valence-electron chi connectivity index (χ3n) is 2.44. The standard InChI is InChI=1S/C10H20N4O/c1-9(15)12-5-6-13-10(11)14-7-3-2-4-8-14/h2-8H2,1H3,(H2,11,13)(H,12,15). The smallest absolute Gasteiger partial charge is 0.216 e. The lowest BCUT2D eigenvalue weighted by Gasteiger charge is -2.27. The van der Waals surface area contributed by atoms with Gasteiger partial charge in [-0.05, 0) is 19.3 Å². The molecule has 0 spiro atoms. The third kappa shape index (κ3) is 4.67. The Kier molecular flexibility index (Phi) is 4.93. The highest BCUT2D eigenvalue weighted by Crippen LogP contribution is 2.07. The summed E-state index contributed by atoms with van der Waals surface area (Å²) < 4.78 is 0. The summed E-state index contributed by atoms with van der Waals surface area (Å²) in [6, 6.07) is 0. The molecule has 0 saturated carbocycles. The molecular formula is C10H20N4O. The number of amides is 1. The SMILES string of the molecule is CC(=O)NCCN=C(N)N1CCCCC1. The van der Waals surface area contributed by atoms with Gasteiger partial charge in [0.2, 0.25) is 5.91 Å². The Morgan fingerprint density at radius 2 is 2.07 bits per heavy atom. The van der Waals surface area contributed by atoms with Gasteiger partial charge in [0.05, 0.1) is 6.54 Å². The van der Waals surface area contributed by atoms with Crippen molar-refractivity contribution in [2.24, 2.45) is 10.7 Å². The molecule has 0 unspecified atom stereocenters. The molecule has 1 aliphatic heterocycles. The Morgan fingerprint density at radius 1 is 1.40 bits per heavy atom. The second-order valence-corrected chi connectivity index (χ2v) is 3.77. The van der Waals surface area contributed by atoms with Gasteiger partial charge in [0, 0.05) is 26.6 Å². The Bertz CT molecular complexity index is 234. The van der Waals surface area contributed by atoms with Gasteiger partial charge in [0.1, 0.15) is 0 Å². The zero-order valence-corrected chi connectivity index (χ0v) is 9.33. The van der Waals surface area contributed by atoms with E-state index in [0.29, 0.717) is 19.0 Å². The first-order valence-electron chi connectivity index (χ1n) is 5.49. The van der Waals surface area contributed by atoms with Gasteiger partial charge in [0.25, 0.3) is 0 Å². The first kappa shape index (κ1) is 11.8. The Hall–Kier alpha value is -1.26. The second kappa shape index (κ2) is 6.27. The number of aliphatic imine (C=N–C) groups is 1. The molecule has 0 aromatic carbocycles. The van der Waals surface area contributed by atoms with Crippen LogP contribution in [-0.4, -0.2) is 42.9 Å². The van der Waals surface area contributed by atoms with Crippen molar-refractivity contribution >= 4 is 11.9 Å². The van der Waals surface area contributed by atoms with Gasteiger partial charge < -0.3 is 16.0 Å². The lowest BCUT2D eigenvalue weighted by Crippen LogP contribution is -2.41. The molecule has 1 rings (SSSR count). The van der Waals surface area contributed by atoms with Crippen LogP contribution < -0.4 is 11.1 Å². The van der Waals surface area contributed by atoms with Gasteiger partial charge in [-0.25, -0.2) is 0 Å². The summed E-state index contributed by atoms with van der Waals surface area (Å²) in [5.41, 5.74) is 5.83. The van der Waals surface area contributed by atoms with Crippen LogP contribution >= 0.6 is 0 Å². The van der Waals surface area contributed by atoms with Gasteiger partial charge >= 0.3 is 0 Å². The van der Waals surface area contributed by atoms with E-state index >= 15 is 0 Å². The Labute approximate surface area is 90.7 Å². The Balaban J connectivity index is 2.22. The number of likely N-dealkylation sites (tertiary alicyclic amines) is 1. The highest BCUT2D eigenvalue weighted by Gasteiger charge is 2.11. The van der Waals surface area contributed by atoms with Crippen LogP contribution in [0, 0.1) is 0 Å². The van der Waals surface area contributed by atoms with Gasteiger partial charge in [0.15, 0.2) is 5.96 Å². The van der Waals surface area contributed by atoms with Crippen molar-refractivity contribution in [3.63, 3.8) is 0 Å². The number of nitrogens with zero attached hydrogens (tertiary/aromatic N) is 2. The predicted molar refractivity (Wildman–Crippen MR) is 60.6 cm³/mol. The fourth-order valence-corrected chi connectivity index (χ4v) is 1.63. The van der Waals surface area contributed by atoms with Crippen LogP contribution in [0.4, 0.5) is 0 Å². The van der Waals surface area contributed by atoms with Crippen molar-refractivity contribution in [3.8, 4) is 0 Å². The molecule has 1 heterocycles. The number of rotatable bonds is 3. The van der Waals surface area contributed by atoms with E-state index in [9.17, 15) is 4.79 Å². The molecule has 1 amide bonds. The molecule has 1 saturated heterocycles. The van der Waals surface area contributed by atoms with E-state index in [1.54, 1.807) is 0 Å². The fourth-order valence-electron chi connectivity index (χ4n) is 1.63. The summed E-state index contributed by atoms with van der Waals surface area (Å²) >= 11 is 0. The van der Waals surface area contributed by atoms with Crippen LogP contribution in [0.5, 0.6) is 0 Å². The lowest BCUT2D eigenvalue weighted by atomic mass is 10.1. The highest BCUT2D eigenvalue weighted by atomic mass is 16.1. The van der Waals surface area contributed by atoms with E-state index < -0.39 is 0 Å². The van der Waals surface area contributed by atoms with Crippen molar-refractivity contribution in [1.29, 1.82) is 0 Å². The van der Waals surface area contributed by atoms with E-state index in [2.05, 4.69) is 15.2 Å². The molecule has 1 aliphatic rings. The first-order chi connectivity index (χ1) is 7.20. The van der Waals surface area contributed by atoms with Crippen LogP contribution in [0.2, 0.25) is 0 Å². The number of carbonyl (C=O) groups is 1. The minimum atomic E-state index is -0.0262. The highest BCUT2D eigenvalue weighted by molar-refractivity contribution is 5.78. The molecule has 5 nitrogen and oxygen atoms in total. The summed E-state index contributed by atoms with van der Waals surface area (Å²) in [6.07, 6.45) is 3.68. The average Bonchev–Trinajstić information content (AvgIpc) is 2.25. The number of carbonyl (C=O) groups excluding carboxylic acids is 1. The third-order valence-corrected chi connectivity index (χ3v) is 2.44. The van der Waals surface area contributed by atoms with Gasteiger partial charge in [-0.15, -0.1) is 0 Å². The summed E-state index contributed by atoms with van der Waals surface area (Å²) in [5.74, 6) is 0.585. The summed E-state index contributed by atoms with van der Waals surface area (Å²) in [7, 11) is 0. The molecule has 0 aromatic heterocycles. The van der Waals surface area contributed by atoms with Crippen LogP contribution in [0.15, 0.2) is 4.99 Å². The van der Waals surface area contributed by atoms with Crippen molar-refractivity contribution in [1.82, 2.24) is 10.2 Å². The topological polar surface area (TPSA) is 70.7 Å². The number of hydrogen-bond acceptors (Lipinski definition) is 2. The molecule has 5 heteroatoms. The summed E-state index contributed by atoms with van der Waals surface area (Å²) in [5, 5.41) is 2.68. The van der Waals surface area contributed by atoms with Gasteiger partial charge in [-0.2, -0.15) is 0 Å². The van der Waals surface area contributed by atoms with Crippen molar-refractivity contribution in [2.45, 2.75) is 26.2 Å². The van der Waals surface area contributed by atoms with Crippen LogP contribution in [0.25, 0.3) is 0 Å². The van der Waals surface area contributed by atoms with Crippen LogP contribution in [0.3, 0.4) is 0 Å². The van der Waals surface area contributed by atoms with Crippen molar-refractivity contribution < 1.29 is 4.79 Å². The van der Waals surface area contributed by atoms with Gasteiger partial charge in [-0.3, -0.25) is 9.79 Å². The molecular weight excluding hydrogens is 192 g/mol. The molecule has 0 aromatic rings. The predicted octanol–water partition coefficient (Wildman–Crippen LogP) is -0.0769. The maximum atomic E-state index is 10.6. The summed E-state index contributed by atoms with van der Waals surface area (Å²) in [4.78, 5) is 16.9. The van der Waals surface area contributed by atoms with Crippen LogP contribution in [-0.2, 0) is 4.79 Å². The maximum Gasteiger partial charge on any atom is 0.216 e. The zero-order chi connectivity index (χ0) is 11.1. The zero-order valence-electron chi connectivity index (χ0n) is 9.33. The van der Waals surface area contributed by atoms with E-state index in [-0.39, 0.29) is 5.91 Å². The second-order valence-electron chi connectivity index (χ2n) is 3.77. The fraction of sp³-hybridized carbons (Fsp3) is 0.800. The van der Waals surface area contributed by atoms with Crippen LogP contribution in [0.1, 0.15) is 26.2 Å². The normalized spacial score (nSPS) is 17.7. The minimum absolute atomic E-state index is 0.0262. The van der Waals surface area contributed by atoms with Crippen molar-refractivity contribution in [2.75, 3.05) is 26.2 Å². The van der Waals surface area contributed by atoms with Crippen molar-refractivity contribution in [3.05, 3.63) is 0 Å². The van der Waals surface area contributed by atoms with E-state index in [0.717, 1.165) is 13.1 Å². The number of hydrogen-bond donors (Lipinski definition) is 2. The quantitative estimate of drug-likeness (QED) is 0.390. The minimum Gasteiger partial charge on any atom is -0.370 e. The molecule has 15 heavy (non-hydrogen) atoms. The number of nitrogens with two attached hydrogens (primary N) is 1. The summed E-state index contributed by atoms with van der Waals surface area (Å²) in [6.45, 7) is 4.63. The number of nitrogens with one attached hydrogen (secondary N) is 1. The first-order valence-corrected chi connectivity index (χ1v) is 5.49.